The Morgan fingerprint density at radius 3 is 2.44 bits per heavy atom. The van der Waals surface area contributed by atoms with E-state index in [2.05, 4.69) is 51.8 Å². The Bertz CT molecular complexity index is 229. The molecule has 1 aliphatic rings. The van der Waals surface area contributed by atoms with Gasteiger partial charge >= 0.3 is 0 Å². The standard InChI is InChI=1S/C16H34N2/c1-7-13(4)16(17-8-2)11-18-10-12(3)9-14(5)15(18)6/h12-17H,7-11H2,1-6H3. The van der Waals surface area contributed by atoms with Crippen LogP contribution in [0.2, 0.25) is 0 Å². The van der Waals surface area contributed by atoms with Gasteiger partial charge in [0.05, 0.1) is 0 Å². The second-order valence-corrected chi connectivity index (χ2v) is 6.56. The zero-order valence-electron chi connectivity index (χ0n) is 13.4. The monoisotopic (exact) mass is 254 g/mol. The fourth-order valence-corrected chi connectivity index (χ4v) is 3.32. The van der Waals surface area contributed by atoms with Gasteiger partial charge in [0.2, 0.25) is 0 Å². The SMILES string of the molecule is CCNC(CN1CC(C)CC(C)C1C)C(C)CC. The Labute approximate surface area is 115 Å². The molecule has 18 heavy (non-hydrogen) atoms. The summed E-state index contributed by atoms with van der Waals surface area (Å²) in [5, 5.41) is 3.69. The van der Waals surface area contributed by atoms with Crippen molar-refractivity contribution in [2.75, 3.05) is 19.6 Å². The molecule has 1 aliphatic heterocycles. The van der Waals surface area contributed by atoms with Gasteiger partial charge in [-0.25, -0.2) is 0 Å². The number of nitrogens with one attached hydrogen (secondary N) is 1. The van der Waals surface area contributed by atoms with Gasteiger partial charge in [0.1, 0.15) is 0 Å². The number of rotatable bonds is 6. The predicted octanol–water partition coefficient (Wildman–Crippen LogP) is 3.38. The van der Waals surface area contributed by atoms with Gasteiger partial charge in [-0.05, 0) is 37.6 Å². The average molecular weight is 254 g/mol. The van der Waals surface area contributed by atoms with E-state index in [1.54, 1.807) is 0 Å². The summed E-state index contributed by atoms with van der Waals surface area (Å²) in [6, 6.07) is 1.39. The minimum absolute atomic E-state index is 0.653. The van der Waals surface area contributed by atoms with Crippen LogP contribution in [-0.2, 0) is 0 Å². The predicted molar refractivity (Wildman–Crippen MR) is 80.9 cm³/mol. The van der Waals surface area contributed by atoms with Crippen molar-refractivity contribution in [3.8, 4) is 0 Å². The van der Waals surface area contributed by atoms with Crippen molar-refractivity contribution in [2.45, 2.75) is 66.5 Å². The molecule has 0 amide bonds. The first-order valence-corrected chi connectivity index (χ1v) is 7.96. The lowest BCUT2D eigenvalue weighted by atomic mass is 9.85. The summed E-state index contributed by atoms with van der Waals surface area (Å²) in [5.74, 6) is 2.47. The molecule has 5 unspecified atom stereocenters. The third kappa shape index (κ3) is 4.24. The van der Waals surface area contributed by atoms with Gasteiger partial charge in [-0.15, -0.1) is 0 Å². The molecule has 0 aromatic rings. The zero-order valence-corrected chi connectivity index (χ0v) is 13.4. The molecule has 1 N–H and O–H groups in total. The van der Waals surface area contributed by atoms with Crippen molar-refractivity contribution < 1.29 is 0 Å². The third-order valence-electron chi connectivity index (χ3n) is 4.95. The van der Waals surface area contributed by atoms with E-state index in [1.165, 1.54) is 25.9 Å². The molecule has 0 spiro atoms. The summed E-state index contributed by atoms with van der Waals surface area (Å²) in [7, 11) is 0. The maximum Gasteiger partial charge on any atom is 0.0220 e. The van der Waals surface area contributed by atoms with E-state index in [9.17, 15) is 0 Å². The quantitative estimate of drug-likeness (QED) is 0.782. The van der Waals surface area contributed by atoms with E-state index in [0.29, 0.717) is 6.04 Å². The molecule has 1 rings (SSSR count). The summed E-state index contributed by atoms with van der Waals surface area (Å²) in [4.78, 5) is 2.72. The lowest BCUT2D eigenvalue weighted by Gasteiger charge is -2.43. The highest BCUT2D eigenvalue weighted by atomic mass is 15.2. The van der Waals surface area contributed by atoms with Crippen LogP contribution in [0.4, 0.5) is 0 Å². The summed E-state index contributed by atoms with van der Waals surface area (Å²) < 4.78 is 0. The van der Waals surface area contributed by atoms with Crippen LogP contribution in [0.1, 0.15) is 54.4 Å². The summed E-state index contributed by atoms with van der Waals surface area (Å²) in [5.41, 5.74) is 0. The molecule has 0 aromatic heterocycles. The lowest BCUT2D eigenvalue weighted by Crippen LogP contribution is -2.52. The molecule has 0 saturated carbocycles. The Balaban J connectivity index is 2.60. The molecular weight excluding hydrogens is 220 g/mol. The molecule has 0 aliphatic carbocycles. The van der Waals surface area contributed by atoms with E-state index in [0.717, 1.165) is 30.3 Å². The van der Waals surface area contributed by atoms with Gasteiger partial charge in [-0.2, -0.15) is 0 Å². The minimum atomic E-state index is 0.653. The molecule has 5 atom stereocenters. The molecular formula is C16H34N2. The smallest absolute Gasteiger partial charge is 0.0220 e. The van der Waals surface area contributed by atoms with E-state index in [1.807, 2.05) is 0 Å². The topological polar surface area (TPSA) is 15.3 Å². The molecule has 1 fully saturated rings. The second-order valence-electron chi connectivity index (χ2n) is 6.56. The van der Waals surface area contributed by atoms with E-state index >= 15 is 0 Å². The Morgan fingerprint density at radius 2 is 1.89 bits per heavy atom. The molecule has 0 radical (unpaired) electrons. The van der Waals surface area contributed by atoms with Crippen molar-refractivity contribution in [1.82, 2.24) is 10.2 Å². The third-order valence-corrected chi connectivity index (χ3v) is 4.95. The Hall–Kier alpha value is -0.0800. The first-order chi connectivity index (χ1) is 8.49. The van der Waals surface area contributed by atoms with Crippen molar-refractivity contribution in [2.24, 2.45) is 17.8 Å². The van der Waals surface area contributed by atoms with E-state index in [-0.39, 0.29) is 0 Å². The van der Waals surface area contributed by atoms with Gasteiger partial charge in [-0.1, -0.05) is 41.0 Å². The summed E-state index contributed by atoms with van der Waals surface area (Å²) >= 11 is 0. The number of piperidine rings is 1. The van der Waals surface area contributed by atoms with Crippen LogP contribution in [0.5, 0.6) is 0 Å². The van der Waals surface area contributed by atoms with Gasteiger partial charge in [0.25, 0.3) is 0 Å². The largest absolute Gasteiger partial charge is 0.313 e. The van der Waals surface area contributed by atoms with E-state index < -0.39 is 0 Å². The van der Waals surface area contributed by atoms with Crippen molar-refractivity contribution in [1.29, 1.82) is 0 Å². The number of likely N-dealkylation sites (N-methyl/N-ethyl adjacent to an activating group) is 1. The van der Waals surface area contributed by atoms with Crippen LogP contribution in [0.15, 0.2) is 0 Å². The highest BCUT2D eigenvalue weighted by molar-refractivity contribution is 4.86. The number of nitrogens with zero attached hydrogens (tertiary/aromatic N) is 1. The van der Waals surface area contributed by atoms with Crippen LogP contribution in [-0.4, -0.2) is 36.6 Å². The maximum atomic E-state index is 3.69. The normalized spacial score (nSPS) is 33.3. The van der Waals surface area contributed by atoms with Gasteiger partial charge in [0.15, 0.2) is 0 Å². The average Bonchev–Trinajstić information content (AvgIpc) is 2.33. The molecule has 0 bridgehead atoms. The summed E-state index contributed by atoms with van der Waals surface area (Å²) in [6.07, 6.45) is 2.66. The minimum Gasteiger partial charge on any atom is -0.313 e. The first kappa shape index (κ1) is 16.0. The number of likely N-dealkylation sites (tertiary alicyclic amines) is 1. The molecule has 1 heterocycles. The summed E-state index contributed by atoms with van der Waals surface area (Å²) in [6.45, 7) is 17.7. The molecule has 1 saturated heterocycles. The Kier molecular flexibility index (Phi) is 6.65. The van der Waals surface area contributed by atoms with Gasteiger partial charge in [-0.3, -0.25) is 4.90 Å². The number of hydrogen-bond donors (Lipinski definition) is 1. The van der Waals surface area contributed by atoms with Gasteiger partial charge < -0.3 is 5.32 Å². The van der Waals surface area contributed by atoms with Crippen LogP contribution in [0, 0.1) is 17.8 Å². The Morgan fingerprint density at radius 1 is 1.22 bits per heavy atom. The molecule has 108 valence electrons. The van der Waals surface area contributed by atoms with Crippen molar-refractivity contribution in [3.05, 3.63) is 0 Å². The van der Waals surface area contributed by atoms with Crippen LogP contribution in [0.25, 0.3) is 0 Å². The highest BCUT2D eigenvalue weighted by Crippen LogP contribution is 2.27. The fourth-order valence-electron chi connectivity index (χ4n) is 3.32. The zero-order chi connectivity index (χ0) is 13.7. The highest BCUT2D eigenvalue weighted by Gasteiger charge is 2.30. The molecule has 2 heteroatoms. The van der Waals surface area contributed by atoms with E-state index in [4.69, 9.17) is 0 Å². The second kappa shape index (κ2) is 7.49. The lowest BCUT2D eigenvalue weighted by molar-refractivity contribution is 0.0635. The van der Waals surface area contributed by atoms with Gasteiger partial charge in [0, 0.05) is 25.2 Å². The van der Waals surface area contributed by atoms with Crippen LogP contribution < -0.4 is 5.32 Å². The fraction of sp³-hybridized carbons (Fsp3) is 1.00. The maximum absolute atomic E-state index is 3.69. The van der Waals surface area contributed by atoms with Crippen LogP contribution in [0.3, 0.4) is 0 Å². The van der Waals surface area contributed by atoms with Crippen molar-refractivity contribution >= 4 is 0 Å². The molecule has 2 nitrogen and oxygen atoms in total. The van der Waals surface area contributed by atoms with Crippen molar-refractivity contribution in [3.63, 3.8) is 0 Å². The molecule has 0 aromatic carbocycles. The van der Waals surface area contributed by atoms with Crippen LogP contribution >= 0.6 is 0 Å². The first-order valence-electron chi connectivity index (χ1n) is 7.96. The number of hydrogen-bond acceptors (Lipinski definition) is 2.